The van der Waals surface area contributed by atoms with Gasteiger partial charge in [-0.3, -0.25) is 4.79 Å². The minimum atomic E-state index is -0.157. The van der Waals surface area contributed by atoms with E-state index in [0.29, 0.717) is 5.92 Å². The van der Waals surface area contributed by atoms with E-state index in [1.165, 1.54) is 32.4 Å². The third-order valence-corrected chi connectivity index (χ3v) is 4.88. The third kappa shape index (κ3) is 4.45. The Balaban J connectivity index is 1.69. The lowest BCUT2D eigenvalue weighted by atomic mass is 9.80. The highest BCUT2D eigenvalue weighted by atomic mass is 16.2. The molecule has 0 spiro atoms. The fraction of sp³-hybridized carbons (Fsp3) is 0.938. The van der Waals surface area contributed by atoms with Crippen LogP contribution in [0.2, 0.25) is 0 Å². The van der Waals surface area contributed by atoms with Crippen molar-refractivity contribution in [2.24, 2.45) is 11.3 Å². The zero-order valence-corrected chi connectivity index (χ0v) is 13.2. The Hall–Kier alpha value is -0.610. The van der Waals surface area contributed by atoms with E-state index >= 15 is 0 Å². The molecule has 2 fully saturated rings. The van der Waals surface area contributed by atoms with Crippen molar-refractivity contribution < 1.29 is 4.79 Å². The van der Waals surface area contributed by atoms with Crippen molar-refractivity contribution in [1.82, 2.24) is 15.5 Å². The van der Waals surface area contributed by atoms with Crippen molar-refractivity contribution in [3.8, 4) is 0 Å². The van der Waals surface area contributed by atoms with Crippen LogP contribution in [0.4, 0.5) is 0 Å². The number of hydrogen-bond donors (Lipinski definition) is 2. The summed E-state index contributed by atoms with van der Waals surface area (Å²) in [5.41, 5.74) is -0.157. The summed E-state index contributed by atoms with van der Waals surface area (Å²) in [6.45, 7) is 10.7. The van der Waals surface area contributed by atoms with Gasteiger partial charge in [0.05, 0.1) is 0 Å². The molecular weight excluding hydrogens is 250 g/mol. The van der Waals surface area contributed by atoms with E-state index in [1.807, 2.05) is 0 Å². The van der Waals surface area contributed by atoms with E-state index in [9.17, 15) is 4.79 Å². The lowest BCUT2D eigenvalue weighted by Crippen LogP contribution is -2.47. The van der Waals surface area contributed by atoms with E-state index in [2.05, 4.69) is 29.4 Å². The molecule has 2 aliphatic rings. The fourth-order valence-electron chi connectivity index (χ4n) is 3.33. The van der Waals surface area contributed by atoms with Crippen LogP contribution in [-0.2, 0) is 4.79 Å². The maximum atomic E-state index is 12.4. The standard InChI is InChI=1S/C16H31N3O/c1-14(13-19-10-4-3-5-11-19)12-18-15(20)16(2)6-8-17-9-7-16/h14,17H,3-13H2,1-2H3,(H,18,20). The van der Waals surface area contributed by atoms with Crippen molar-refractivity contribution >= 4 is 5.91 Å². The van der Waals surface area contributed by atoms with E-state index in [1.54, 1.807) is 0 Å². The number of hydrogen-bond acceptors (Lipinski definition) is 3. The van der Waals surface area contributed by atoms with Gasteiger partial charge in [-0.15, -0.1) is 0 Å². The average Bonchev–Trinajstić information content (AvgIpc) is 2.46. The Bertz CT molecular complexity index is 307. The van der Waals surface area contributed by atoms with Crippen LogP contribution < -0.4 is 10.6 Å². The van der Waals surface area contributed by atoms with Crippen LogP contribution in [0.15, 0.2) is 0 Å². The summed E-state index contributed by atoms with van der Waals surface area (Å²) in [7, 11) is 0. The van der Waals surface area contributed by atoms with Gasteiger partial charge in [-0.25, -0.2) is 0 Å². The number of carbonyl (C=O) groups excluding carboxylic acids is 1. The molecule has 4 heteroatoms. The normalized spacial score (nSPS) is 25.1. The maximum absolute atomic E-state index is 12.4. The minimum absolute atomic E-state index is 0.157. The van der Waals surface area contributed by atoms with Crippen LogP contribution in [0.5, 0.6) is 0 Å². The Labute approximate surface area is 123 Å². The molecule has 0 saturated carbocycles. The van der Waals surface area contributed by atoms with E-state index in [0.717, 1.165) is 39.0 Å². The molecule has 0 bridgehead atoms. The number of nitrogens with zero attached hydrogens (tertiary/aromatic N) is 1. The van der Waals surface area contributed by atoms with E-state index in [4.69, 9.17) is 0 Å². The highest BCUT2D eigenvalue weighted by Gasteiger charge is 2.34. The molecule has 20 heavy (non-hydrogen) atoms. The molecule has 0 aromatic rings. The monoisotopic (exact) mass is 281 g/mol. The van der Waals surface area contributed by atoms with Gasteiger partial charge in [-0.05, 0) is 57.8 Å². The molecule has 0 aromatic carbocycles. The molecule has 4 nitrogen and oxygen atoms in total. The summed E-state index contributed by atoms with van der Waals surface area (Å²) < 4.78 is 0. The predicted molar refractivity (Wildman–Crippen MR) is 82.7 cm³/mol. The van der Waals surface area contributed by atoms with Crippen LogP contribution in [0.25, 0.3) is 0 Å². The first-order chi connectivity index (χ1) is 9.60. The van der Waals surface area contributed by atoms with Crippen LogP contribution in [-0.4, -0.2) is 50.1 Å². The van der Waals surface area contributed by atoms with Gasteiger partial charge in [0, 0.05) is 18.5 Å². The van der Waals surface area contributed by atoms with E-state index in [-0.39, 0.29) is 11.3 Å². The first-order valence-corrected chi connectivity index (χ1v) is 8.31. The summed E-state index contributed by atoms with van der Waals surface area (Å²) in [6, 6.07) is 0. The fourth-order valence-corrected chi connectivity index (χ4v) is 3.33. The number of piperidine rings is 2. The molecule has 0 aliphatic carbocycles. The first-order valence-electron chi connectivity index (χ1n) is 8.31. The second kappa shape index (κ2) is 7.41. The Morgan fingerprint density at radius 3 is 2.55 bits per heavy atom. The molecule has 2 heterocycles. The molecule has 0 radical (unpaired) electrons. The molecule has 2 N–H and O–H groups in total. The lowest BCUT2D eigenvalue weighted by molar-refractivity contribution is -0.131. The van der Waals surface area contributed by atoms with Crippen molar-refractivity contribution in [3.05, 3.63) is 0 Å². The quantitative estimate of drug-likeness (QED) is 0.805. The second-order valence-electron chi connectivity index (χ2n) is 6.99. The summed E-state index contributed by atoms with van der Waals surface area (Å²) >= 11 is 0. The van der Waals surface area contributed by atoms with Gasteiger partial charge in [-0.1, -0.05) is 20.3 Å². The topological polar surface area (TPSA) is 44.4 Å². The Morgan fingerprint density at radius 1 is 1.25 bits per heavy atom. The first kappa shape index (κ1) is 15.8. The molecule has 116 valence electrons. The van der Waals surface area contributed by atoms with Gasteiger partial charge in [-0.2, -0.15) is 0 Å². The highest BCUT2D eigenvalue weighted by Crippen LogP contribution is 2.27. The average molecular weight is 281 g/mol. The van der Waals surface area contributed by atoms with Crippen molar-refractivity contribution in [1.29, 1.82) is 0 Å². The highest BCUT2D eigenvalue weighted by molar-refractivity contribution is 5.82. The Morgan fingerprint density at radius 2 is 1.90 bits per heavy atom. The summed E-state index contributed by atoms with van der Waals surface area (Å²) in [5, 5.41) is 6.52. The largest absolute Gasteiger partial charge is 0.355 e. The number of carbonyl (C=O) groups is 1. The van der Waals surface area contributed by atoms with Gasteiger partial charge in [0.25, 0.3) is 0 Å². The van der Waals surface area contributed by atoms with Gasteiger partial charge < -0.3 is 15.5 Å². The number of amides is 1. The van der Waals surface area contributed by atoms with Gasteiger partial charge in [0.1, 0.15) is 0 Å². The Kier molecular flexibility index (Phi) is 5.85. The molecule has 2 aliphatic heterocycles. The van der Waals surface area contributed by atoms with Crippen molar-refractivity contribution in [3.63, 3.8) is 0 Å². The molecular formula is C16H31N3O. The summed E-state index contributed by atoms with van der Waals surface area (Å²) in [5.74, 6) is 0.798. The summed E-state index contributed by atoms with van der Waals surface area (Å²) in [4.78, 5) is 14.9. The molecule has 1 amide bonds. The van der Waals surface area contributed by atoms with E-state index < -0.39 is 0 Å². The molecule has 0 aromatic heterocycles. The van der Waals surface area contributed by atoms with Crippen LogP contribution in [0.1, 0.15) is 46.0 Å². The SMILES string of the molecule is CC(CNC(=O)C1(C)CCNCC1)CN1CCCCC1. The van der Waals surface area contributed by atoms with Gasteiger partial charge >= 0.3 is 0 Å². The molecule has 1 unspecified atom stereocenters. The number of nitrogens with one attached hydrogen (secondary N) is 2. The number of likely N-dealkylation sites (tertiary alicyclic amines) is 1. The third-order valence-electron chi connectivity index (χ3n) is 4.88. The van der Waals surface area contributed by atoms with Crippen LogP contribution in [0.3, 0.4) is 0 Å². The van der Waals surface area contributed by atoms with Crippen molar-refractivity contribution in [2.75, 3.05) is 39.3 Å². The zero-order valence-electron chi connectivity index (χ0n) is 13.2. The number of rotatable bonds is 5. The van der Waals surface area contributed by atoms with Crippen LogP contribution in [0, 0.1) is 11.3 Å². The summed E-state index contributed by atoms with van der Waals surface area (Å²) in [6.07, 6.45) is 5.97. The molecule has 1 atom stereocenters. The van der Waals surface area contributed by atoms with Gasteiger partial charge in [0.15, 0.2) is 0 Å². The second-order valence-corrected chi connectivity index (χ2v) is 6.99. The zero-order chi connectivity index (χ0) is 14.4. The van der Waals surface area contributed by atoms with Crippen LogP contribution >= 0.6 is 0 Å². The molecule has 2 rings (SSSR count). The predicted octanol–water partition coefficient (Wildman–Crippen LogP) is 1.61. The van der Waals surface area contributed by atoms with Gasteiger partial charge in [0.2, 0.25) is 5.91 Å². The smallest absolute Gasteiger partial charge is 0.226 e. The minimum Gasteiger partial charge on any atom is -0.355 e. The van der Waals surface area contributed by atoms with Crippen molar-refractivity contribution in [2.45, 2.75) is 46.0 Å². The molecule has 2 saturated heterocycles. The lowest BCUT2D eigenvalue weighted by Gasteiger charge is -2.33. The maximum Gasteiger partial charge on any atom is 0.226 e.